The molecule has 2 nitrogen and oxygen atoms in total. The van der Waals surface area contributed by atoms with Crippen molar-refractivity contribution in [1.82, 2.24) is 10.2 Å². The summed E-state index contributed by atoms with van der Waals surface area (Å²) in [6.45, 7) is 1.98. The van der Waals surface area contributed by atoms with E-state index in [1.807, 2.05) is 6.20 Å². The van der Waals surface area contributed by atoms with E-state index in [-0.39, 0.29) is 0 Å². The van der Waals surface area contributed by atoms with Crippen molar-refractivity contribution in [2.24, 2.45) is 0 Å². The smallest absolute Gasteiger partial charge is 0.0548 e. The van der Waals surface area contributed by atoms with Crippen LogP contribution >= 0.6 is 0 Å². The Bertz CT molecular complexity index is 213. The molecule has 10 heavy (non-hydrogen) atoms. The lowest BCUT2D eigenvalue weighted by molar-refractivity contribution is 0.470. The molecule has 0 aromatic rings. The van der Waals surface area contributed by atoms with E-state index in [0.717, 1.165) is 13.1 Å². The lowest BCUT2D eigenvalue weighted by Gasteiger charge is -2.27. The molecule has 0 aliphatic carbocycles. The minimum absolute atomic E-state index is 0.959. The first kappa shape index (κ1) is 5.59. The zero-order chi connectivity index (χ0) is 6.81. The lowest BCUT2D eigenvalue weighted by Crippen LogP contribution is -2.30. The Balaban J connectivity index is 2.26. The highest BCUT2D eigenvalue weighted by molar-refractivity contribution is 5.23. The maximum Gasteiger partial charge on any atom is 0.0548 e. The number of hydrogen-bond donors (Lipinski definition) is 1. The Kier molecular flexibility index (Phi) is 1.24. The minimum Gasteiger partial charge on any atom is -0.384 e. The molecule has 0 saturated heterocycles. The van der Waals surface area contributed by atoms with Crippen LogP contribution in [0.3, 0.4) is 0 Å². The molecular formula is C8H10N2. The minimum atomic E-state index is 0.959. The lowest BCUT2D eigenvalue weighted by atomic mass is 10.2. The third kappa shape index (κ3) is 0.817. The van der Waals surface area contributed by atoms with Crippen LogP contribution in [0.25, 0.3) is 0 Å². The van der Waals surface area contributed by atoms with Gasteiger partial charge in [0.2, 0.25) is 0 Å². The maximum atomic E-state index is 3.16. The fourth-order valence-corrected chi connectivity index (χ4v) is 1.19. The molecule has 0 atom stereocenters. The van der Waals surface area contributed by atoms with Crippen molar-refractivity contribution in [3.63, 3.8) is 0 Å². The molecular weight excluding hydrogens is 124 g/mol. The van der Waals surface area contributed by atoms with Gasteiger partial charge in [0.05, 0.1) is 6.54 Å². The second-order valence-corrected chi connectivity index (χ2v) is 2.44. The van der Waals surface area contributed by atoms with Gasteiger partial charge in [-0.3, -0.25) is 0 Å². The summed E-state index contributed by atoms with van der Waals surface area (Å²) in [6, 6.07) is 0. The highest BCUT2D eigenvalue weighted by Gasteiger charge is 2.08. The summed E-state index contributed by atoms with van der Waals surface area (Å²) in [7, 11) is 0. The van der Waals surface area contributed by atoms with Gasteiger partial charge in [0, 0.05) is 24.6 Å². The fraction of sp³-hybridized carbons (Fsp3) is 0.250. The molecule has 52 valence electrons. The Morgan fingerprint density at radius 2 is 2.50 bits per heavy atom. The van der Waals surface area contributed by atoms with Gasteiger partial charge in [0.25, 0.3) is 0 Å². The standard InChI is InChI=1S/C8H10N2/c1-2-5-10-6-4-9-7-8(10)3-1/h1-4,6,9H,5,7H2. The monoisotopic (exact) mass is 134 g/mol. The summed E-state index contributed by atoms with van der Waals surface area (Å²) in [5.74, 6) is 0. The van der Waals surface area contributed by atoms with Crippen molar-refractivity contribution in [2.45, 2.75) is 0 Å². The number of hydrogen-bond acceptors (Lipinski definition) is 2. The van der Waals surface area contributed by atoms with Gasteiger partial charge in [0.15, 0.2) is 0 Å². The zero-order valence-electron chi connectivity index (χ0n) is 5.75. The van der Waals surface area contributed by atoms with E-state index >= 15 is 0 Å². The molecule has 0 amide bonds. The van der Waals surface area contributed by atoms with Crippen LogP contribution < -0.4 is 5.32 Å². The largest absolute Gasteiger partial charge is 0.384 e. The Morgan fingerprint density at radius 3 is 3.40 bits per heavy atom. The predicted molar refractivity (Wildman–Crippen MR) is 41.1 cm³/mol. The summed E-state index contributed by atoms with van der Waals surface area (Å²) >= 11 is 0. The third-order valence-electron chi connectivity index (χ3n) is 1.75. The van der Waals surface area contributed by atoms with Crippen LogP contribution in [0.4, 0.5) is 0 Å². The van der Waals surface area contributed by atoms with Crippen LogP contribution in [0.5, 0.6) is 0 Å². The molecule has 2 aliphatic heterocycles. The molecule has 2 rings (SSSR count). The van der Waals surface area contributed by atoms with Crippen molar-refractivity contribution in [3.8, 4) is 0 Å². The Labute approximate surface area is 60.5 Å². The van der Waals surface area contributed by atoms with Crippen molar-refractivity contribution in [1.29, 1.82) is 0 Å². The number of rotatable bonds is 0. The molecule has 2 heteroatoms. The summed E-state index contributed by atoms with van der Waals surface area (Å²) in [6.07, 6.45) is 10.4. The molecule has 1 N–H and O–H groups in total. The molecule has 2 aliphatic rings. The molecule has 0 unspecified atom stereocenters. The molecule has 0 bridgehead atoms. The molecule has 0 radical (unpaired) electrons. The number of nitrogens with one attached hydrogen (secondary N) is 1. The van der Waals surface area contributed by atoms with Crippen LogP contribution in [0.1, 0.15) is 0 Å². The van der Waals surface area contributed by atoms with Crippen LogP contribution in [0, 0.1) is 0 Å². The number of allylic oxidation sites excluding steroid dienone is 2. The van der Waals surface area contributed by atoms with Crippen LogP contribution in [-0.2, 0) is 0 Å². The summed E-state index contributed by atoms with van der Waals surface area (Å²) in [5, 5.41) is 3.16. The molecule has 0 aromatic carbocycles. The maximum absolute atomic E-state index is 3.16. The van der Waals surface area contributed by atoms with E-state index in [1.54, 1.807) is 0 Å². The van der Waals surface area contributed by atoms with E-state index in [2.05, 4.69) is 34.6 Å². The van der Waals surface area contributed by atoms with Crippen molar-refractivity contribution < 1.29 is 0 Å². The third-order valence-corrected chi connectivity index (χ3v) is 1.75. The van der Waals surface area contributed by atoms with E-state index in [9.17, 15) is 0 Å². The second-order valence-electron chi connectivity index (χ2n) is 2.44. The van der Waals surface area contributed by atoms with E-state index in [4.69, 9.17) is 0 Å². The van der Waals surface area contributed by atoms with Crippen molar-refractivity contribution in [3.05, 3.63) is 36.3 Å². The molecule has 0 fully saturated rings. The van der Waals surface area contributed by atoms with Gasteiger partial charge >= 0.3 is 0 Å². The van der Waals surface area contributed by atoms with Gasteiger partial charge in [-0.05, 0) is 6.08 Å². The summed E-state index contributed by atoms with van der Waals surface area (Å²) < 4.78 is 0. The van der Waals surface area contributed by atoms with Gasteiger partial charge in [-0.2, -0.15) is 0 Å². The highest BCUT2D eigenvalue weighted by Crippen LogP contribution is 2.11. The van der Waals surface area contributed by atoms with Crippen LogP contribution in [-0.4, -0.2) is 18.0 Å². The van der Waals surface area contributed by atoms with Gasteiger partial charge < -0.3 is 10.2 Å². The van der Waals surface area contributed by atoms with Crippen molar-refractivity contribution in [2.75, 3.05) is 13.1 Å². The predicted octanol–water partition coefficient (Wildman–Crippen LogP) is 0.817. The first-order valence-electron chi connectivity index (χ1n) is 3.49. The highest BCUT2D eigenvalue weighted by atomic mass is 15.2. The molecule has 0 aromatic heterocycles. The van der Waals surface area contributed by atoms with E-state index in [0.29, 0.717) is 0 Å². The SMILES string of the molecule is C1=CCN2C=CNCC2=C1. The van der Waals surface area contributed by atoms with E-state index in [1.165, 1.54) is 5.70 Å². The van der Waals surface area contributed by atoms with Gasteiger partial charge in [0.1, 0.15) is 0 Å². The number of fused-ring (bicyclic) bond motifs is 1. The van der Waals surface area contributed by atoms with Gasteiger partial charge in [-0.25, -0.2) is 0 Å². The molecule has 0 saturated carbocycles. The topological polar surface area (TPSA) is 15.3 Å². The molecule has 2 heterocycles. The Hall–Kier alpha value is -1.18. The van der Waals surface area contributed by atoms with Crippen LogP contribution in [0.15, 0.2) is 36.3 Å². The van der Waals surface area contributed by atoms with Crippen molar-refractivity contribution >= 4 is 0 Å². The summed E-state index contributed by atoms with van der Waals surface area (Å²) in [5.41, 5.74) is 1.35. The summed E-state index contributed by atoms with van der Waals surface area (Å²) in [4.78, 5) is 2.23. The van der Waals surface area contributed by atoms with E-state index < -0.39 is 0 Å². The second kappa shape index (κ2) is 2.21. The molecule has 0 spiro atoms. The first-order valence-corrected chi connectivity index (χ1v) is 3.49. The quantitative estimate of drug-likeness (QED) is 0.527. The van der Waals surface area contributed by atoms with Gasteiger partial charge in [-0.1, -0.05) is 12.2 Å². The zero-order valence-corrected chi connectivity index (χ0v) is 5.75. The Morgan fingerprint density at radius 1 is 1.50 bits per heavy atom. The number of nitrogens with zero attached hydrogens (tertiary/aromatic N) is 1. The van der Waals surface area contributed by atoms with Crippen LogP contribution in [0.2, 0.25) is 0 Å². The average Bonchev–Trinajstić information content (AvgIpc) is 2.05. The normalized spacial score (nSPS) is 21.6. The van der Waals surface area contributed by atoms with Gasteiger partial charge in [-0.15, -0.1) is 0 Å². The first-order chi connectivity index (χ1) is 4.97. The fourth-order valence-electron chi connectivity index (χ4n) is 1.19. The average molecular weight is 134 g/mol.